The van der Waals surface area contributed by atoms with Crippen molar-refractivity contribution in [3.63, 3.8) is 0 Å². The van der Waals surface area contributed by atoms with Gasteiger partial charge in [0, 0.05) is 0 Å². The maximum atomic E-state index is 9.97. The first-order valence-corrected chi connectivity index (χ1v) is 3.14. The SMILES string of the molecule is C=C/C=C(/C)S(=O)[O-]. The highest BCUT2D eigenvalue weighted by molar-refractivity contribution is 7.83. The van der Waals surface area contributed by atoms with E-state index < -0.39 is 11.1 Å². The average molecular weight is 131 g/mol. The lowest BCUT2D eigenvalue weighted by molar-refractivity contribution is 0.543. The topological polar surface area (TPSA) is 40.1 Å². The molecule has 0 amide bonds. The summed E-state index contributed by atoms with van der Waals surface area (Å²) in [5.74, 6) is 0. The maximum Gasteiger partial charge on any atom is -0.000727 e. The third-order valence-corrected chi connectivity index (χ3v) is 1.28. The molecular weight excluding hydrogens is 124 g/mol. The van der Waals surface area contributed by atoms with Crippen LogP contribution in [0.15, 0.2) is 23.6 Å². The summed E-state index contributed by atoms with van der Waals surface area (Å²) >= 11 is -2.07. The average Bonchev–Trinajstić information content (AvgIpc) is 1.67. The summed E-state index contributed by atoms with van der Waals surface area (Å²) in [6.07, 6.45) is 2.87. The van der Waals surface area contributed by atoms with Crippen molar-refractivity contribution in [2.24, 2.45) is 0 Å². The lowest BCUT2D eigenvalue weighted by Gasteiger charge is -2.01. The van der Waals surface area contributed by atoms with E-state index in [2.05, 4.69) is 6.58 Å². The van der Waals surface area contributed by atoms with Crippen molar-refractivity contribution in [2.75, 3.05) is 0 Å². The lowest BCUT2D eigenvalue weighted by atomic mass is 10.5. The van der Waals surface area contributed by atoms with Gasteiger partial charge in [-0.2, -0.15) is 0 Å². The van der Waals surface area contributed by atoms with Crippen LogP contribution in [-0.4, -0.2) is 8.76 Å². The maximum absolute atomic E-state index is 9.97. The molecule has 0 aliphatic carbocycles. The van der Waals surface area contributed by atoms with Crippen molar-refractivity contribution in [3.05, 3.63) is 23.6 Å². The van der Waals surface area contributed by atoms with Gasteiger partial charge in [-0.1, -0.05) is 18.7 Å². The van der Waals surface area contributed by atoms with E-state index in [0.717, 1.165) is 0 Å². The predicted octanol–water partition coefficient (Wildman–Crippen LogP) is 0.955. The Bertz CT molecular complexity index is 137. The Labute approximate surface area is 51.2 Å². The van der Waals surface area contributed by atoms with Crippen LogP contribution in [0.5, 0.6) is 0 Å². The minimum absolute atomic E-state index is 0.306. The van der Waals surface area contributed by atoms with E-state index in [1.165, 1.54) is 19.1 Å². The van der Waals surface area contributed by atoms with Crippen LogP contribution in [0.25, 0.3) is 0 Å². The zero-order valence-electron chi connectivity index (χ0n) is 4.59. The predicted molar refractivity (Wildman–Crippen MR) is 32.9 cm³/mol. The van der Waals surface area contributed by atoms with Crippen LogP contribution >= 0.6 is 0 Å². The van der Waals surface area contributed by atoms with Crippen molar-refractivity contribution in [1.82, 2.24) is 0 Å². The minimum Gasteiger partial charge on any atom is -0.769 e. The van der Waals surface area contributed by atoms with Gasteiger partial charge >= 0.3 is 0 Å². The van der Waals surface area contributed by atoms with Gasteiger partial charge in [-0.15, -0.1) is 0 Å². The molecule has 0 fully saturated rings. The molecule has 0 aromatic rings. The molecule has 8 heavy (non-hydrogen) atoms. The molecular formula is C5H7O2S-. The van der Waals surface area contributed by atoms with Crippen molar-refractivity contribution < 1.29 is 8.76 Å². The van der Waals surface area contributed by atoms with Gasteiger partial charge in [0.05, 0.1) is 0 Å². The first kappa shape index (κ1) is 7.59. The van der Waals surface area contributed by atoms with Crippen LogP contribution in [0, 0.1) is 0 Å². The summed E-state index contributed by atoms with van der Waals surface area (Å²) in [5.41, 5.74) is 0. The molecule has 46 valence electrons. The molecule has 0 aliphatic rings. The van der Waals surface area contributed by atoms with Gasteiger partial charge in [0.2, 0.25) is 0 Å². The number of rotatable bonds is 2. The highest BCUT2D eigenvalue weighted by Gasteiger charge is 1.80. The smallest absolute Gasteiger partial charge is 0.000727 e. The van der Waals surface area contributed by atoms with Crippen LogP contribution in [0.2, 0.25) is 0 Å². The van der Waals surface area contributed by atoms with E-state index in [9.17, 15) is 8.76 Å². The third kappa shape index (κ3) is 2.71. The highest BCUT2D eigenvalue weighted by atomic mass is 32.2. The van der Waals surface area contributed by atoms with Crippen molar-refractivity contribution >= 4 is 11.1 Å². The van der Waals surface area contributed by atoms with E-state index in [-0.39, 0.29) is 0 Å². The largest absolute Gasteiger partial charge is 0.769 e. The first-order valence-electron chi connectivity index (χ1n) is 2.07. The molecule has 0 rings (SSSR count). The Morgan fingerprint density at radius 1 is 1.88 bits per heavy atom. The molecule has 0 spiro atoms. The van der Waals surface area contributed by atoms with E-state index in [1.54, 1.807) is 0 Å². The third-order valence-electron chi connectivity index (χ3n) is 0.615. The van der Waals surface area contributed by atoms with E-state index in [1.807, 2.05) is 0 Å². The summed E-state index contributed by atoms with van der Waals surface area (Å²) in [6, 6.07) is 0. The molecule has 0 aliphatic heterocycles. The number of hydrogen-bond acceptors (Lipinski definition) is 2. The first-order chi connectivity index (χ1) is 3.68. The Morgan fingerprint density at radius 2 is 2.38 bits per heavy atom. The summed E-state index contributed by atoms with van der Waals surface area (Å²) < 4.78 is 19.9. The molecule has 3 heteroatoms. The van der Waals surface area contributed by atoms with Gasteiger partial charge in [0.15, 0.2) is 0 Å². The molecule has 0 saturated carbocycles. The Balaban J connectivity index is 3.99. The minimum atomic E-state index is -2.07. The Kier molecular flexibility index (Phi) is 3.39. The van der Waals surface area contributed by atoms with Crippen LogP contribution in [-0.2, 0) is 11.1 Å². The van der Waals surface area contributed by atoms with E-state index >= 15 is 0 Å². The molecule has 0 N–H and O–H groups in total. The zero-order valence-corrected chi connectivity index (χ0v) is 5.40. The van der Waals surface area contributed by atoms with Gasteiger partial charge in [0.25, 0.3) is 0 Å². The second-order valence-electron chi connectivity index (χ2n) is 1.25. The molecule has 0 saturated heterocycles. The quantitative estimate of drug-likeness (QED) is 0.413. The van der Waals surface area contributed by atoms with Crippen LogP contribution < -0.4 is 0 Å². The number of hydrogen-bond donors (Lipinski definition) is 0. The van der Waals surface area contributed by atoms with Crippen molar-refractivity contribution in [2.45, 2.75) is 6.92 Å². The summed E-state index contributed by atoms with van der Waals surface area (Å²) in [5, 5.41) is 0. The molecule has 1 atom stereocenters. The highest BCUT2D eigenvalue weighted by Crippen LogP contribution is 1.94. The van der Waals surface area contributed by atoms with Crippen LogP contribution in [0.4, 0.5) is 0 Å². The summed E-state index contributed by atoms with van der Waals surface area (Å²) in [6.45, 7) is 4.84. The molecule has 0 aromatic carbocycles. The van der Waals surface area contributed by atoms with E-state index in [4.69, 9.17) is 0 Å². The van der Waals surface area contributed by atoms with Crippen LogP contribution in [0.1, 0.15) is 6.92 Å². The molecule has 0 heterocycles. The van der Waals surface area contributed by atoms with Gasteiger partial charge < -0.3 is 4.55 Å². The number of allylic oxidation sites excluding steroid dienone is 3. The van der Waals surface area contributed by atoms with Crippen LogP contribution in [0.3, 0.4) is 0 Å². The fraction of sp³-hybridized carbons (Fsp3) is 0.200. The fourth-order valence-electron chi connectivity index (χ4n) is 0.222. The molecule has 1 unspecified atom stereocenters. The van der Waals surface area contributed by atoms with Gasteiger partial charge in [-0.05, 0) is 22.9 Å². The fourth-order valence-corrected chi connectivity index (χ4v) is 0.429. The van der Waals surface area contributed by atoms with Crippen molar-refractivity contribution in [1.29, 1.82) is 0 Å². The van der Waals surface area contributed by atoms with Gasteiger partial charge in [-0.3, -0.25) is 4.21 Å². The van der Waals surface area contributed by atoms with Crippen molar-refractivity contribution in [3.8, 4) is 0 Å². The zero-order chi connectivity index (χ0) is 6.57. The monoisotopic (exact) mass is 131 g/mol. The molecule has 0 radical (unpaired) electrons. The Morgan fingerprint density at radius 3 is 2.50 bits per heavy atom. The lowest BCUT2D eigenvalue weighted by Crippen LogP contribution is -1.85. The second kappa shape index (κ2) is 3.57. The molecule has 2 nitrogen and oxygen atoms in total. The summed E-state index contributed by atoms with van der Waals surface area (Å²) in [7, 11) is 0. The molecule has 0 bridgehead atoms. The summed E-state index contributed by atoms with van der Waals surface area (Å²) in [4.78, 5) is 0.306. The molecule has 0 aromatic heterocycles. The van der Waals surface area contributed by atoms with Gasteiger partial charge in [-0.25, -0.2) is 0 Å². The Hall–Kier alpha value is -0.410. The normalized spacial score (nSPS) is 15.5. The second-order valence-corrected chi connectivity index (χ2v) is 2.36. The standard InChI is InChI=1S/C5H8O2S/c1-3-4-5(2)8(6)7/h3-4H,1H2,2H3,(H,6,7)/p-1/b5-4-. The van der Waals surface area contributed by atoms with E-state index in [0.29, 0.717) is 4.91 Å². The van der Waals surface area contributed by atoms with Gasteiger partial charge in [0.1, 0.15) is 0 Å².